The Bertz CT molecular complexity index is 436. The number of rotatable bonds is 4. The van der Waals surface area contributed by atoms with E-state index in [0.717, 1.165) is 11.5 Å². The van der Waals surface area contributed by atoms with Gasteiger partial charge in [0.05, 0.1) is 12.3 Å². The van der Waals surface area contributed by atoms with Gasteiger partial charge in [0.2, 0.25) is 0 Å². The summed E-state index contributed by atoms with van der Waals surface area (Å²) in [4.78, 5) is 21.0. The predicted molar refractivity (Wildman–Crippen MR) is 75.0 cm³/mol. The molecule has 1 unspecified atom stereocenters. The number of ether oxygens (including phenoxy) is 1. The van der Waals surface area contributed by atoms with E-state index >= 15 is 0 Å². The quantitative estimate of drug-likeness (QED) is 0.783. The zero-order valence-electron chi connectivity index (χ0n) is 12.7. The van der Waals surface area contributed by atoms with Crippen molar-refractivity contribution in [3.63, 3.8) is 0 Å². The van der Waals surface area contributed by atoms with Crippen molar-refractivity contribution in [1.29, 1.82) is 0 Å². The van der Waals surface area contributed by atoms with Crippen molar-refractivity contribution < 1.29 is 9.53 Å². The Morgan fingerprint density at radius 2 is 2.00 bits per heavy atom. The summed E-state index contributed by atoms with van der Waals surface area (Å²) in [5, 5.41) is 0. The zero-order valence-corrected chi connectivity index (χ0v) is 12.7. The summed E-state index contributed by atoms with van der Waals surface area (Å²) in [5.74, 6) is 0.412. The number of carbonyl (C=O) groups is 1. The summed E-state index contributed by atoms with van der Waals surface area (Å²) in [6.45, 7) is 12.3. The molecule has 0 saturated carbocycles. The molecule has 1 aromatic heterocycles. The van der Waals surface area contributed by atoms with E-state index in [1.165, 1.54) is 0 Å². The van der Waals surface area contributed by atoms with Crippen LogP contribution in [0.2, 0.25) is 0 Å². The second kappa shape index (κ2) is 6.13. The van der Waals surface area contributed by atoms with Crippen LogP contribution in [-0.4, -0.2) is 22.5 Å². The molecule has 0 aromatic carbocycles. The van der Waals surface area contributed by atoms with Gasteiger partial charge in [-0.3, -0.25) is 4.79 Å². The molecule has 0 fully saturated rings. The van der Waals surface area contributed by atoms with Gasteiger partial charge in [0, 0.05) is 12.1 Å². The number of hydrogen-bond acceptors (Lipinski definition) is 4. The largest absolute Gasteiger partial charge is 0.465 e. The van der Waals surface area contributed by atoms with Gasteiger partial charge < -0.3 is 4.74 Å². The molecule has 0 N–H and O–H groups in total. The van der Waals surface area contributed by atoms with Crippen molar-refractivity contribution in [2.24, 2.45) is 5.41 Å². The van der Waals surface area contributed by atoms with Crippen LogP contribution in [0.5, 0.6) is 0 Å². The van der Waals surface area contributed by atoms with Crippen LogP contribution in [0.3, 0.4) is 0 Å². The molecule has 0 amide bonds. The third kappa shape index (κ3) is 4.01. The first-order chi connectivity index (χ1) is 8.77. The van der Waals surface area contributed by atoms with E-state index in [9.17, 15) is 4.79 Å². The van der Waals surface area contributed by atoms with Crippen molar-refractivity contribution in [2.75, 3.05) is 6.61 Å². The van der Waals surface area contributed by atoms with Gasteiger partial charge in [-0.25, -0.2) is 9.97 Å². The molecule has 1 atom stereocenters. The Balaban J connectivity index is 3.18. The first-order valence-corrected chi connectivity index (χ1v) is 6.76. The molecule has 0 aliphatic carbocycles. The van der Waals surface area contributed by atoms with E-state index < -0.39 is 0 Å². The average Bonchev–Trinajstić information content (AvgIpc) is 2.27. The lowest BCUT2D eigenvalue weighted by Gasteiger charge is -2.28. The molecule has 1 heterocycles. The molecule has 0 bridgehead atoms. The van der Waals surface area contributed by atoms with Crippen LogP contribution < -0.4 is 0 Å². The van der Waals surface area contributed by atoms with Crippen molar-refractivity contribution in [1.82, 2.24) is 9.97 Å². The van der Waals surface area contributed by atoms with E-state index in [-0.39, 0.29) is 23.2 Å². The molecule has 4 heteroatoms. The maximum atomic E-state index is 12.2. The topological polar surface area (TPSA) is 52.1 Å². The highest BCUT2D eigenvalue weighted by molar-refractivity contribution is 5.78. The monoisotopic (exact) mass is 264 g/mol. The Hall–Kier alpha value is -1.45. The second-order valence-corrected chi connectivity index (χ2v) is 6.05. The summed E-state index contributed by atoms with van der Waals surface area (Å²) in [6.07, 6.45) is 1.72. The first-order valence-electron chi connectivity index (χ1n) is 6.76. The number of carbonyl (C=O) groups excluding carboxylic acids is 1. The van der Waals surface area contributed by atoms with Crippen LogP contribution in [-0.2, 0) is 9.53 Å². The Kier molecular flexibility index (Phi) is 5.04. The fourth-order valence-electron chi connectivity index (χ4n) is 1.97. The molecular weight excluding hydrogens is 240 g/mol. The summed E-state index contributed by atoms with van der Waals surface area (Å²) in [5.41, 5.74) is 0.499. The highest BCUT2D eigenvalue weighted by Gasteiger charge is 2.35. The lowest BCUT2D eigenvalue weighted by Crippen LogP contribution is -2.29. The fourth-order valence-corrected chi connectivity index (χ4v) is 1.97. The molecular formula is C15H24N2O2. The minimum atomic E-state index is -0.368. The van der Waals surface area contributed by atoms with Gasteiger partial charge in [-0.1, -0.05) is 34.6 Å². The Labute approximate surface area is 115 Å². The highest BCUT2D eigenvalue weighted by atomic mass is 16.5. The number of hydrogen-bond donors (Lipinski definition) is 0. The van der Waals surface area contributed by atoms with E-state index in [1.807, 2.05) is 41.5 Å². The standard InChI is InChI=1S/C15H24N2O2/c1-7-19-14(18)12(15(4,5)6)11-8-9-16-13(17-11)10(2)3/h8-10,12H,7H2,1-6H3. The minimum Gasteiger partial charge on any atom is -0.465 e. The van der Waals surface area contributed by atoms with Crippen molar-refractivity contribution in [2.45, 2.75) is 53.4 Å². The smallest absolute Gasteiger partial charge is 0.315 e. The predicted octanol–water partition coefficient (Wildman–Crippen LogP) is 3.29. The summed E-state index contributed by atoms with van der Waals surface area (Å²) < 4.78 is 5.19. The third-order valence-corrected chi connectivity index (χ3v) is 2.90. The van der Waals surface area contributed by atoms with Gasteiger partial charge in [-0.05, 0) is 18.4 Å². The van der Waals surface area contributed by atoms with E-state index in [0.29, 0.717) is 6.61 Å². The molecule has 0 aliphatic rings. The van der Waals surface area contributed by atoms with Gasteiger partial charge in [0.1, 0.15) is 11.7 Å². The molecule has 1 aromatic rings. The van der Waals surface area contributed by atoms with Gasteiger partial charge in [0.25, 0.3) is 0 Å². The van der Waals surface area contributed by atoms with Gasteiger partial charge in [-0.15, -0.1) is 0 Å². The maximum absolute atomic E-state index is 12.2. The van der Waals surface area contributed by atoms with Crippen LogP contribution >= 0.6 is 0 Å². The van der Waals surface area contributed by atoms with E-state index in [1.54, 1.807) is 12.3 Å². The molecule has 0 aliphatic heterocycles. The summed E-state index contributed by atoms with van der Waals surface area (Å²) in [7, 11) is 0. The SMILES string of the molecule is CCOC(=O)C(c1ccnc(C(C)C)n1)C(C)(C)C. The highest BCUT2D eigenvalue weighted by Crippen LogP contribution is 2.35. The van der Waals surface area contributed by atoms with Crippen molar-refractivity contribution in [3.8, 4) is 0 Å². The van der Waals surface area contributed by atoms with Gasteiger partial charge in [-0.2, -0.15) is 0 Å². The van der Waals surface area contributed by atoms with Crippen molar-refractivity contribution in [3.05, 3.63) is 23.8 Å². The Morgan fingerprint density at radius 1 is 1.37 bits per heavy atom. The average molecular weight is 264 g/mol. The fraction of sp³-hybridized carbons (Fsp3) is 0.667. The molecule has 1 rings (SSSR count). The van der Waals surface area contributed by atoms with Crippen LogP contribution in [0.25, 0.3) is 0 Å². The lowest BCUT2D eigenvalue weighted by molar-refractivity contribution is -0.147. The Morgan fingerprint density at radius 3 is 2.47 bits per heavy atom. The van der Waals surface area contributed by atoms with E-state index in [2.05, 4.69) is 9.97 Å². The van der Waals surface area contributed by atoms with Crippen LogP contribution in [0.15, 0.2) is 12.3 Å². The summed E-state index contributed by atoms with van der Waals surface area (Å²) >= 11 is 0. The van der Waals surface area contributed by atoms with Crippen LogP contribution in [0.1, 0.15) is 64.9 Å². The minimum absolute atomic E-state index is 0.219. The number of esters is 1. The van der Waals surface area contributed by atoms with Gasteiger partial charge in [0.15, 0.2) is 0 Å². The lowest BCUT2D eigenvalue weighted by atomic mass is 9.78. The maximum Gasteiger partial charge on any atom is 0.315 e. The van der Waals surface area contributed by atoms with Gasteiger partial charge >= 0.3 is 5.97 Å². The van der Waals surface area contributed by atoms with E-state index in [4.69, 9.17) is 4.74 Å². The molecule has 106 valence electrons. The summed E-state index contributed by atoms with van der Waals surface area (Å²) in [6, 6.07) is 1.80. The molecule has 4 nitrogen and oxygen atoms in total. The number of nitrogens with zero attached hydrogens (tertiary/aromatic N) is 2. The molecule has 0 saturated heterocycles. The molecule has 19 heavy (non-hydrogen) atoms. The molecule has 0 radical (unpaired) electrons. The first kappa shape index (κ1) is 15.6. The van der Waals surface area contributed by atoms with Crippen molar-refractivity contribution >= 4 is 5.97 Å². The zero-order chi connectivity index (χ0) is 14.6. The number of aromatic nitrogens is 2. The van der Waals surface area contributed by atoms with Crippen LogP contribution in [0.4, 0.5) is 0 Å². The van der Waals surface area contributed by atoms with Crippen LogP contribution in [0, 0.1) is 5.41 Å². The second-order valence-electron chi connectivity index (χ2n) is 6.05. The molecule has 0 spiro atoms. The normalized spacial score (nSPS) is 13.4. The third-order valence-electron chi connectivity index (χ3n) is 2.90.